The van der Waals surface area contributed by atoms with Gasteiger partial charge in [-0.1, -0.05) is 12.2 Å². The van der Waals surface area contributed by atoms with Crippen LogP contribution in [0.3, 0.4) is 0 Å². The lowest BCUT2D eigenvalue weighted by atomic mass is 10.3. The molecule has 1 unspecified atom stereocenters. The molecule has 5 nitrogen and oxygen atoms in total. The summed E-state index contributed by atoms with van der Waals surface area (Å²) in [6, 6.07) is 0. The van der Waals surface area contributed by atoms with Crippen LogP contribution in [0.5, 0.6) is 0 Å². The normalized spacial score (nSPS) is 20.0. The minimum atomic E-state index is 0.145. The number of methoxy groups -OCH3 is 1. The van der Waals surface area contributed by atoms with Crippen LogP contribution in [0.1, 0.15) is 19.3 Å². The first-order chi connectivity index (χ1) is 8.52. The Morgan fingerprint density at radius 1 is 1.56 bits per heavy atom. The second kappa shape index (κ2) is 7.66. The van der Waals surface area contributed by atoms with Gasteiger partial charge in [-0.3, -0.25) is 4.79 Å². The number of hydrogen-bond donors (Lipinski definition) is 1. The van der Waals surface area contributed by atoms with E-state index >= 15 is 0 Å². The Kier molecular flexibility index (Phi) is 6.52. The number of ether oxygens (including phenoxy) is 1. The second-order valence-corrected chi connectivity index (χ2v) is 5.25. The third kappa shape index (κ3) is 5.29. The lowest BCUT2D eigenvalue weighted by Gasteiger charge is -2.19. The summed E-state index contributed by atoms with van der Waals surface area (Å²) in [7, 11) is 3.53. The maximum absolute atomic E-state index is 11.8. The zero-order chi connectivity index (χ0) is 13.5. The molecule has 0 aliphatic carbocycles. The number of likely N-dealkylation sites (tertiary alicyclic amines) is 1. The number of nitrogens with zero attached hydrogens (tertiary/aromatic N) is 2. The van der Waals surface area contributed by atoms with Crippen molar-refractivity contribution in [3.05, 3.63) is 0 Å². The van der Waals surface area contributed by atoms with Crippen molar-refractivity contribution in [1.29, 1.82) is 0 Å². The van der Waals surface area contributed by atoms with Crippen LogP contribution in [-0.2, 0) is 9.53 Å². The molecular weight excluding hydrogens is 250 g/mol. The summed E-state index contributed by atoms with van der Waals surface area (Å²) in [5, 5.41) is 0. The van der Waals surface area contributed by atoms with E-state index in [1.807, 2.05) is 0 Å². The highest BCUT2D eigenvalue weighted by atomic mass is 32.1. The zero-order valence-corrected chi connectivity index (χ0v) is 12.0. The molecule has 0 aromatic heterocycles. The average Bonchev–Trinajstić information content (AvgIpc) is 2.80. The van der Waals surface area contributed by atoms with E-state index in [2.05, 4.69) is 4.90 Å². The van der Waals surface area contributed by atoms with Crippen LogP contribution in [-0.4, -0.2) is 67.1 Å². The van der Waals surface area contributed by atoms with E-state index in [0.717, 1.165) is 26.1 Å². The van der Waals surface area contributed by atoms with Crippen molar-refractivity contribution in [3.8, 4) is 0 Å². The van der Waals surface area contributed by atoms with Crippen molar-refractivity contribution in [1.82, 2.24) is 9.80 Å². The van der Waals surface area contributed by atoms with Crippen LogP contribution in [0.4, 0.5) is 0 Å². The molecule has 1 saturated heterocycles. The first-order valence-electron chi connectivity index (χ1n) is 6.30. The molecular formula is C12H23N3O2S. The molecule has 0 bridgehead atoms. The molecule has 6 heteroatoms. The molecule has 0 radical (unpaired) electrons. The Bertz CT molecular complexity index is 299. The van der Waals surface area contributed by atoms with E-state index in [9.17, 15) is 4.79 Å². The highest BCUT2D eigenvalue weighted by Crippen LogP contribution is 2.12. The minimum Gasteiger partial charge on any atom is -0.393 e. The SMILES string of the molecule is COC1CCN(CCC(=O)N(C)CCC(N)=S)C1. The van der Waals surface area contributed by atoms with Crippen molar-refractivity contribution in [2.24, 2.45) is 5.73 Å². The molecule has 104 valence electrons. The maximum Gasteiger partial charge on any atom is 0.223 e. The molecule has 1 aliphatic rings. The average molecular weight is 273 g/mol. The van der Waals surface area contributed by atoms with Crippen molar-refractivity contribution in [2.75, 3.05) is 40.3 Å². The number of carbonyl (C=O) groups is 1. The topological polar surface area (TPSA) is 58.8 Å². The van der Waals surface area contributed by atoms with Gasteiger partial charge in [-0.25, -0.2) is 0 Å². The van der Waals surface area contributed by atoms with Crippen LogP contribution in [0.25, 0.3) is 0 Å². The third-order valence-corrected chi connectivity index (χ3v) is 3.53. The molecule has 1 fully saturated rings. The van der Waals surface area contributed by atoms with Crippen LogP contribution in [0, 0.1) is 0 Å². The lowest BCUT2D eigenvalue weighted by molar-refractivity contribution is -0.130. The maximum atomic E-state index is 11.8. The Hall–Kier alpha value is -0.720. The van der Waals surface area contributed by atoms with Gasteiger partial charge >= 0.3 is 0 Å². The van der Waals surface area contributed by atoms with Crippen molar-refractivity contribution >= 4 is 23.1 Å². The summed E-state index contributed by atoms with van der Waals surface area (Å²) < 4.78 is 5.30. The molecule has 0 saturated carbocycles. The minimum absolute atomic E-state index is 0.145. The van der Waals surface area contributed by atoms with Gasteiger partial charge < -0.3 is 20.3 Å². The largest absolute Gasteiger partial charge is 0.393 e. The fourth-order valence-electron chi connectivity index (χ4n) is 2.04. The summed E-state index contributed by atoms with van der Waals surface area (Å²) >= 11 is 4.80. The Balaban J connectivity index is 2.18. The predicted octanol–water partition coefficient (Wildman–Crippen LogP) is 0.232. The number of thiocarbonyl (C=S) groups is 1. The molecule has 1 heterocycles. The summed E-state index contributed by atoms with van der Waals surface area (Å²) in [5.74, 6) is 0.145. The van der Waals surface area contributed by atoms with E-state index in [4.69, 9.17) is 22.7 Å². The first-order valence-corrected chi connectivity index (χ1v) is 6.71. The van der Waals surface area contributed by atoms with Gasteiger partial charge in [-0.15, -0.1) is 0 Å². The predicted molar refractivity (Wildman–Crippen MR) is 75.5 cm³/mol. The van der Waals surface area contributed by atoms with E-state index in [0.29, 0.717) is 30.5 Å². The zero-order valence-electron chi connectivity index (χ0n) is 11.2. The van der Waals surface area contributed by atoms with Gasteiger partial charge in [0.2, 0.25) is 5.91 Å². The quantitative estimate of drug-likeness (QED) is 0.673. The van der Waals surface area contributed by atoms with Gasteiger partial charge in [0.15, 0.2) is 0 Å². The summed E-state index contributed by atoms with van der Waals surface area (Å²) in [4.78, 5) is 16.3. The number of nitrogens with two attached hydrogens (primary N) is 1. The smallest absolute Gasteiger partial charge is 0.223 e. The highest BCUT2D eigenvalue weighted by molar-refractivity contribution is 7.80. The molecule has 1 aliphatic heterocycles. The van der Waals surface area contributed by atoms with Gasteiger partial charge in [0.1, 0.15) is 0 Å². The van der Waals surface area contributed by atoms with Crippen molar-refractivity contribution < 1.29 is 9.53 Å². The Labute approximate surface area is 114 Å². The molecule has 1 atom stereocenters. The molecule has 0 spiro atoms. The van der Waals surface area contributed by atoms with Gasteiger partial charge in [0, 0.05) is 53.2 Å². The van der Waals surface area contributed by atoms with E-state index < -0.39 is 0 Å². The number of carbonyl (C=O) groups excluding carboxylic acids is 1. The fourth-order valence-corrected chi connectivity index (χ4v) is 2.13. The third-order valence-electron chi connectivity index (χ3n) is 3.32. The van der Waals surface area contributed by atoms with Gasteiger partial charge in [-0.05, 0) is 6.42 Å². The number of amides is 1. The van der Waals surface area contributed by atoms with Crippen LogP contribution >= 0.6 is 12.2 Å². The molecule has 1 amide bonds. The van der Waals surface area contributed by atoms with Gasteiger partial charge in [-0.2, -0.15) is 0 Å². The van der Waals surface area contributed by atoms with E-state index in [1.165, 1.54) is 0 Å². The molecule has 18 heavy (non-hydrogen) atoms. The van der Waals surface area contributed by atoms with Crippen LogP contribution < -0.4 is 5.73 Å². The summed E-state index contributed by atoms with van der Waals surface area (Å²) in [6.45, 7) is 3.35. The number of rotatable bonds is 7. The van der Waals surface area contributed by atoms with Gasteiger partial charge in [0.25, 0.3) is 0 Å². The Morgan fingerprint density at radius 2 is 2.28 bits per heavy atom. The van der Waals surface area contributed by atoms with Crippen molar-refractivity contribution in [3.63, 3.8) is 0 Å². The second-order valence-electron chi connectivity index (χ2n) is 4.73. The molecule has 2 N–H and O–H groups in total. The Morgan fingerprint density at radius 3 is 2.83 bits per heavy atom. The lowest BCUT2D eigenvalue weighted by Crippen LogP contribution is -2.33. The molecule has 1 rings (SSSR count). The monoisotopic (exact) mass is 273 g/mol. The van der Waals surface area contributed by atoms with E-state index in [1.54, 1.807) is 19.1 Å². The standard InChI is InChI=1S/C12H23N3O2S/c1-14(6-4-11(13)18)12(16)5-8-15-7-3-10(9-15)17-2/h10H,3-9H2,1-2H3,(H2,13,18). The summed E-state index contributed by atoms with van der Waals surface area (Å²) in [6.07, 6.45) is 2.52. The molecule has 0 aromatic carbocycles. The number of hydrogen-bond acceptors (Lipinski definition) is 4. The van der Waals surface area contributed by atoms with Crippen molar-refractivity contribution in [2.45, 2.75) is 25.4 Å². The van der Waals surface area contributed by atoms with Crippen LogP contribution in [0.2, 0.25) is 0 Å². The first kappa shape index (κ1) is 15.3. The highest BCUT2D eigenvalue weighted by Gasteiger charge is 2.22. The van der Waals surface area contributed by atoms with Crippen LogP contribution in [0.15, 0.2) is 0 Å². The molecule has 0 aromatic rings. The summed E-state index contributed by atoms with van der Waals surface area (Å²) in [5.41, 5.74) is 5.42. The fraction of sp³-hybridized carbons (Fsp3) is 0.833. The van der Waals surface area contributed by atoms with Gasteiger partial charge in [0.05, 0.1) is 11.1 Å². The van der Waals surface area contributed by atoms with E-state index in [-0.39, 0.29) is 5.91 Å².